The molecule has 1 aliphatic carbocycles. The van der Waals surface area contributed by atoms with Crippen LogP contribution in [0.2, 0.25) is 0 Å². The van der Waals surface area contributed by atoms with E-state index in [1.54, 1.807) is 9.80 Å². The second-order valence-electron chi connectivity index (χ2n) is 9.41. The van der Waals surface area contributed by atoms with Gasteiger partial charge in [0.25, 0.3) is 5.92 Å². The molecule has 4 fully saturated rings. The largest absolute Gasteiger partial charge is 0.434 e. The summed E-state index contributed by atoms with van der Waals surface area (Å²) in [7, 11) is 0. The van der Waals surface area contributed by atoms with Gasteiger partial charge in [0.05, 0.1) is 24.5 Å². The van der Waals surface area contributed by atoms with Gasteiger partial charge in [-0.3, -0.25) is 9.78 Å². The lowest BCUT2D eigenvalue weighted by Crippen LogP contribution is -2.69. The summed E-state index contributed by atoms with van der Waals surface area (Å²) in [5, 5.41) is 2.83. The molecule has 1 spiro atoms. The molecule has 1 N–H and O–H groups in total. The number of piperidine rings is 1. The monoisotopic (exact) mass is 475 g/mol. The topological polar surface area (TPSA) is 87.7 Å². The summed E-state index contributed by atoms with van der Waals surface area (Å²) in [5.41, 5.74) is -2.49. The lowest BCUT2D eigenvalue weighted by atomic mass is 9.56. The Morgan fingerprint density at radius 3 is 2.39 bits per heavy atom. The predicted molar refractivity (Wildman–Crippen MR) is 101 cm³/mol. The molecule has 0 radical (unpaired) electrons. The number of nitrogens with one attached hydrogen (secondary N) is 1. The van der Waals surface area contributed by atoms with Crippen LogP contribution in [0.15, 0.2) is 12.4 Å². The van der Waals surface area contributed by atoms with E-state index in [1.165, 1.54) is 0 Å². The molecule has 1 aromatic rings. The molecule has 3 saturated heterocycles. The number of hydrogen-bond acceptors (Lipinski definition) is 5. The van der Waals surface area contributed by atoms with E-state index in [-0.39, 0.29) is 43.5 Å². The van der Waals surface area contributed by atoms with Gasteiger partial charge in [-0.25, -0.2) is 9.78 Å². The SMILES string of the molecule is O=C1CO[C@H]2CCN(C(=O)N3CC4(CC(C(F)(F)c5cnc(C(F)(F)F)cn5)C4)C3)C[C@H]2N1. The smallest absolute Gasteiger partial charge is 0.366 e. The number of fused-ring (bicyclic) bond motifs is 1. The van der Waals surface area contributed by atoms with E-state index in [0.29, 0.717) is 45.0 Å². The Morgan fingerprint density at radius 1 is 1.09 bits per heavy atom. The average Bonchev–Trinajstić information content (AvgIpc) is 2.70. The van der Waals surface area contributed by atoms with Crippen LogP contribution in [0.3, 0.4) is 0 Å². The zero-order valence-electron chi connectivity index (χ0n) is 17.4. The molecule has 33 heavy (non-hydrogen) atoms. The maximum absolute atomic E-state index is 14.8. The number of nitrogens with zero attached hydrogens (tertiary/aromatic N) is 4. The van der Waals surface area contributed by atoms with Gasteiger partial charge in [-0.15, -0.1) is 0 Å². The van der Waals surface area contributed by atoms with Crippen molar-refractivity contribution < 1.29 is 36.3 Å². The highest BCUT2D eigenvalue weighted by atomic mass is 19.4. The van der Waals surface area contributed by atoms with Gasteiger partial charge in [0.2, 0.25) is 5.91 Å². The van der Waals surface area contributed by atoms with Crippen molar-refractivity contribution in [2.45, 2.75) is 43.5 Å². The van der Waals surface area contributed by atoms with Crippen LogP contribution in [-0.2, 0) is 21.6 Å². The van der Waals surface area contributed by atoms with E-state index < -0.39 is 34.8 Å². The highest BCUT2D eigenvalue weighted by Crippen LogP contribution is 2.59. The van der Waals surface area contributed by atoms with Gasteiger partial charge in [0.1, 0.15) is 12.3 Å². The minimum Gasteiger partial charge on any atom is -0.366 e. The number of carbonyl (C=O) groups is 2. The normalized spacial score (nSPS) is 27.5. The molecule has 0 aromatic carbocycles. The van der Waals surface area contributed by atoms with Gasteiger partial charge in [0.15, 0.2) is 5.69 Å². The van der Waals surface area contributed by atoms with E-state index in [1.807, 2.05) is 0 Å². The fourth-order valence-corrected chi connectivity index (χ4v) is 5.33. The van der Waals surface area contributed by atoms with Gasteiger partial charge in [-0.1, -0.05) is 0 Å². The van der Waals surface area contributed by atoms with Crippen LogP contribution in [0.1, 0.15) is 30.7 Å². The van der Waals surface area contributed by atoms with Gasteiger partial charge < -0.3 is 19.9 Å². The van der Waals surface area contributed by atoms with Crippen molar-refractivity contribution in [3.63, 3.8) is 0 Å². The number of likely N-dealkylation sites (tertiary alicyclic amines) is 2. The Kier molecular flexibility index (Phi) is 5.03. The van der Waals surface area contributed by atoms with E-state index in [9.17, 15) is 31.5 Å². The van der Waals surface area contributed by atoms with Crippen LogP contribution < -0.4 is 5.32 Å². The molecule has 8 nitrogen and oxygen atoms in total. The lowest BCUT2D eigenvalue weighted by molar-refractivity contribution is -0.180. The first-order valence-corrected chi connectivity index (χ1v) is 10.7. The molecule has 3 amide bonds. The van der Waals surface area contributed by atoms with Gasteiger partial charge >= 0.3 is 12.2 Å². The van der Waals surface area contributed by atoms with Crippen LogP contribution in [0.5, 0.6) is 0 Å². The number of rotatable bonds is 2. The second kappa shape index (κ2) is 7.47. The summed E-state index contributed by atoms with van der Waals surface area (Å²) in [4.78, 5) is 34.0. The lowest BCUT2D eigenvalue weighted by Gasteiger charge is -2.60. The predicted octanol–water partition coefficient (Wildman–Crippen LogP) is 2.01. The Labute approximate surface area is 185 Å². The molecule has 3 aliphatic heterocycles. The molecule has 13 heteroatoms. The molecule has 1 saturated carbocycles. The fourth-order valence-electron chi connectivity index (χ4n) is 5.33. The van der Waals surface area contributed by atoms with Crippen molar-refractivity contribution in [3.8, 4) is 0 Å². The standard InChI is InChI=1S/C20H22F5N5O3/c21-19(22,14-5-27-15(6-26-14)20(23,24)25)11-3-18(4-11)9-30(10-18)17(32)29-2-1-13-12(7-29)28-16(31)8-33-13/h5-6,11-13H,1-4,7-10H2,(H,28,31)/t12-,13+/m1/s1. The quantitative estimate of drug-likeness (QED) is 0.662. The van der Waals surface area contributed by atoms with Gasteiger partial charge in [0, 0.05) is 37.5 Å². The Morgan fingerprint density at radius 2 is 1.76 bits per heavy atom. The number of morpholine rings is 1. The van der Waals surface area contributed by atoms with Crippen molar-refractivity contribution in [2.75, 3.05) is 32.8 Å². The number of ether oxygens (including phenoxy) is 1. The molecule has 180 valence electrons. The molecular weight excluding hydrogens is 453 g/mol. The van der Waals surface area contributed by atoms with Crippen molar-refractivity contribution in [1.29, 1.82) is 0 Å². The fraction of sp³-hybridized carbons (Fsp3) is 0.700. The summed E-state index contributed by atoms with van der Waals surface area (Å²) in [5.74, 6) is -4.67. The average molecular weight is 475 g/mol. The molecule has 0 unspecified atom stereocenters. The first-order valence-electron chi connectivity index (χ1n) is 10.7. The van der Waals surface area contributed by atoms with Gasteiger partial charge in [-0.2, -0.15) is 22.0 Å². The minimum absolute atomic E-state index is 0.0214. The van der Waals surface area contributed by atoms with Crippen molar-refractivity contribution in [2.24, 2.45) is 11.3 Å². The molecule has 4 aliphatic rings. The first kappa shape index (κ1) is 22.2. The van der Waals surface area contributed by atoms with Crippen LogP contribution in [0, 0.1) is 11.3 Å². The van der Waals surface area contributed by atoms with E-state index in [4.69, 9.17) is 4.74 Å². The van der Waals surface area contributed by atoms with Crippen molar-refractivity contribution in [3.05, 3.63) is 23.8 Å². The minimum atomic E-state index is -4.74. The summed E-state index contributed by atoms with van der Waals surface area (Å²) >= 11 is 0. The van der Waals surface area contributed by atoms with E-state index in [2.05, 4.69) is 15.3 Å². The van der Waals surface area contributed by atoms with Crippen molar-refractivity contribution >= 4 is 11.9 Å². The van der Waals surface area contributed by atoms with Gasteiger partial charge in [-0.05, 0) is 19.3 Å². The molecule has 0 bridgehead atoms. The third-order valence-electron chi connectivity index (χ3n) is 7.07. The number of aromatic nitrogens is 2. The van der Waals surface area contributed by atoms with Crippen LogP contribution in [0.4, 0.5) is 26.7 Å². The third kappa shape index (κ3) is 3.89. The number of hydrogen-bond donors (Lipinski definition) is 1. The van der Waals surface area contributed by atoms with Crippen molar-refractivity contribution in [1.82, 2.24) is 25.1 Å². The molecular formula is C20H22F5N5O3. The molecule has 4 heterocycles. The maximum atomic E-state index is 14.8. The number of amides is 3. The first-order chi connectivity index (χ1) is 15.5. The molecule has 2 atom stereocenters. The summed E-state index contributed by atoms with van der Waals surface area (Å²) in [6.45, 7) is 1.56. The Bertz CT molecular complexity index is 942. The van der Waals surface area contributed by atoms with E-state index in [0.717, 1.165) is 0 Å². The highest BCUT2D eigenvalue weighted by molar-refractivity contribution is 5.79. The highest BCUT2D eigenvalue weighted by Gasteiger charge is 2.61. The summed E-state index contributed by atoms with van der Waals surface area (Å²) < 4.78 is 72.8. The second-order valence-corrected chi connectivity index (χ2v) is 9.41. The number of urea groups is 1. The van der Waals surface area contributed by atoms with Crippen LogP contribution >= 0.6 is 0 Å². The Balaban J connectivity index is 1.14. The summed E-state index contributed by atoms with van der Waals surface area (Å²) in [6.07, 6.45) is -3.13. The maximum Gasteiger partial charge on any atom is 0.434 e. The number of halogens is 5. The zero-order valence-corrected chi connectivity index (χ0v) is 17.4. The van der Waals surface area contributed by atoms with Crippen LogP contribution in [-0.4, -0.2) is 76.6 Å². The number of alkyl halides is 5. The van der Waals surface area contributed by atoms with E-state index >= 15 is 0 Å². The number of carbonyl (C=O) groups excluding carboxylic acids is 2. The summed E-state index contributed by atoms with van der Waals surface area (Å²) in [6, 6.07) is -0.446. The third-order valence-corrected chi connectivity index (χ3v) is 7.07. The zero-order chi connectivity index (χ0) is 23.6. The molecule has 1 aromatic heterocycles. The molecule has 5 rings (SSSR count). The Hall–Kier alpha value is -2.57. The van der Waals surface area contributed by atoms with Crippen LogP contribution in [0.25, 0.3) is 0 Å².